The van der Waals surface area contributed by atoms with Crippen molar-refractivity contribution in [1.29, 1.82) is 0 Å². The van der Waals surface area contributed by atoms with E-state index in [1.165, 1.54) is 23.4 Å². The zero-order valence-electron chi connectivity index (χ0n) is 20.7. The molecule has 0 saturated heterocycles. The lowest BCUT2D eigenvalue weighted by Gasteiger charge is -2.26. The lowest BCUT2D eigenvalue weighted by atomic mass is 10.0. The molecule has 1 aliphatic rings. The van der Waals surface area contributed by atoms with Crippen molar-refractivity contribution in [2.75, 3.05) is 31.0 Å². The van der Waals surface area contributed by atoms with Gasteiger partial charge in [-0.05, 0) is 37.8 Å². The molecule has 15 heteroatoms. The van der Waals surface area contributed by atoms with Gasteiger partial charge in [0.15, 0.2) is 11.6 Å². The third kappa shape index (κ3) is 6.42. The second-order valence-electron chi connectivity index (χ2n) is 8.66. The summed E-state index contributed by atoms with van der Waals surface area (Å²) in [7, 11) is 1.55. The Hall–Kier alpha value is -4.53. The average Bonchev–Trinajstić information content (AvgIpc) is 3.56. The van der Waals surface area contributed by atoms with Crippen LogP contribution in [0.2, 0.25) is 0 Å². The van der Waals surface area contributed by atoms with Crippen molar-refractivity contribution in [1.82, 2.24) is 30.3 Å². The van der Waals surface area contributed by atoms with Crippen LogP contribution in [0, 0.1) is 11.7 Å². The summed E-state index contributed by atoms with van der Waals surface area (Å²) in [6.07, 6.45) is 4.95. The molecule has 2 amide bonds. The number of hydrogen-bond donors (Lipinski definition) is 5. The lowest BCUT2D eigenvalue weighted by molar-refractivity contribution is 0.1000. The number of ether oxygens (including phenoxy) is 2. The highest BCUT2D eigenvalue weighted by Gasteiger charge is 2.36. The molecule has 3 aromatic rings. The van der Waals surface area contributed by atoms with Gasteiger partial charge in [0.25, 0.3) is 5.91 Å². The number of amides is 2. The van der Waals surface area contributed by atoms with E-state index in [9.17, 15) is 14.0 Å². The molecule has 14 nitrogen and oxygen atoms in total. The van der Waals surface area contributed by atoms with Gasteiger partial charge in [0, 0.05) is 13.2 Å². The monoisotopic (exact) mass is 529 g/mol. The summed E-state index contributed by atoms with van der Waals surface area (Å²) >= 11 is 0. The Kier molecular flexibility index (Phi) is 8.15. The van der Waals surface area contributed by atoms with Gasteiger partial charge in [-0.1, -0.05) is 0 Å². The van der Waals surface area contributed by atoms with Crippen molar-refractivity contribution < 1.29 is 28.6 Å². The standard InChI is InChI=1S/C23H28FN9O5/c1-12(29-23(35)36)18(13-3-4-13)31-21-16(24)10-15(19(25)34)20(32-21)30-14-9-17(33-27-5-6-28-33)22(26-11-14)38-8-7-37-2/h5-6,9-13,18,29H,3-4,7-8H2,1-2H3,(H2,25,34)(H,35,36)(H2,30,31,32)/t12-,18+/m0/s1. The Labute approximate surface area is 216 Å². The summed E-state index contributed by atoms with van der Waals surface area (Å²) in [5.74, 6) is -1.51. The SMILES string of the molecule is COCCOc1ncc(Nc2nc(N[C@@H](C3CC3)[C@H](C)NC(=O)O)c(F)cc2C(N)=O)cc1-n1nccn1. The molecule has 0 radical (unpaired) electrons. The Bertz CT molecular complexity index is 1290. The number of nitrogens with two attached hydrogens (primary N) is 1. The van der Waals surface area contributed by atoms with Gasteiger partial charge in [-0.15, -0.1) is 4.80 Å². The first-order valence-corrected chi connectivity index (χ1v) is 11.8. The topological polar surface area (TPSA) is 191 Å². The van der Waals surface area contributed by atoms with Gasteiger partial charge < -0.3 is 36.3 Å². The summed E-state index contributed by atoms with van der Waals surface area (Å²) in [4.78, 5) is 33.2. The maximum absolute atomic E-state index is 15.0. The number of nitrogens with zero attached hydrogens (tertiary/aromatic N) is 5. The van der Waals surface area contributed by atoms with Gasteiger partial charge in [-0.2, -0.15) is 10.2 Å². The molecule has 38 heavy (non-hydrogen) atoms. The first-order chi connectivity index (χ1) is 18.3. The zero-order chi connectivity index (χ0) is 27.2. The van der Waals surface area contributed by atoms with Gasteiger partial charge in [-0.3, -0.25) is 4.79 Å². The zero-order valence-corrected chi connectivity index (χ0v) is 20.7. The van der Waals surface area contributed by atoms with Crippen molar-refractivity contribution in [3.05, 3.63) is 42.1 Å². The number of anilines is 3. The van der Waals surface area contributed by atoms with Crippen molar-refractivity contribution >= 4 is 29.3 Å². The first kappa shape index (κ1) is 26.5. The van der Waals surface area contributed by atoms with Crippen LogP contribution in [0.5, 0.6) is 5.88 Å². The van der Waals surface area contributed by atoms with E-state index in [1.54, 1.807) is 20.1 Å². The number of nitrogens with one attached hydrogen (secondary N) is 3. The maximum atomic E-state index is 15.0. The molecule has 0 spiro atoms. The second kappa shape index (κ2) is 11.7. The summed E-state index contributed by atoms with van der Waals surface area (Å²) in [6.45, 7) is 2.27. The van der Waals surface area contributed by atoms with Gasteiger partial charge >= 0.3 is 6.09 Å². The van der Waals surface area contributed by atoms with Crippen LogP contribution in [0.25, 0.3) is 5.69 Å². The Morgan fingerprint density at radius 2 is 1.97 bits per heavy atom. The van der Waals surface area contributed by atoms with Crippen LogP contribution in [-0.4, -0.2) is 74.5 Å². The third-order valence-corrected chi connectivity index (χ3v) is 5.82. The minimum absolute atomic E-state index is 0.0241. The van der Waals surface area contributed by atoms with Crippen LogP contribution in [0.4, 0.5) is 26.5 Å². The maximum Gasteiger partial charge on any atom is 0.404 e. The fraction of sp³-hybridized carbons (Fsp3) is 0.391. The number of carbonyl (C=O) groups excluding carboxylic acids is 1. The van der Waals surface area contributed by atoms with E-state index < -0.39 is 29.9 Å². The van der Waals surface area contributed by atoms with E-state index in [0.717, 1.165) is 18.9 Å². The predicted octanol–water partition coefficient (Wildman–Crippen LogP) is 1.91. The van der Waals surface area contributed by atoms with Gasteiger partial charge in [0.2, 0.25) is 5.88 Å². The molecule has 6 N–H and O–H groups in total. The molecule has 0 bridgehead atoms. The summed E-state index contributed by atoms with van der Waals surface area (Å²) in [5, 5.41) is 25.7. The second-order valence-corrected chi connectivity index (χ2v) is 8.66. The van der Waals surface area contributed by atoms with E-state index >= 15 is 0 Å². The summed E-state index contributed by atoms with van der Waals surface area (Å²) < 4.78 is 25.7. The third-order valence-electron chi connectivity index (χ3n) is 5.82. The van der Waals surface area contributed by atoms with E-state index in [2.05, 4.69) is 36.1 Å². The van der Waals surface area contributed by atoms with Crippen LogP contribution >= 0.6 is 0 Å². The number of carboxylic acid groups (broad SMARTS) is 1. The van der Waals surface area contributed by atoms with Gasteiger partial charge in [0.05, 0.1) is 42.5 Å². The number of rotatable bonds is 13. The quantitative estimate of drug-likeness (QED) is 0.203. The molecule has 1 fully saturated rings. The molecule has 3 aromatic heterocycles. The van der Waals surface area contributed by atoms with Crippen LogP contribution in [0.1, 0.15) is 30.1 Å². The smallest absolute Gasteiger partial charge is 0.404 e. The Morgan fingerprint density at radius 3 is 2.61 bits per heavy atom. The van der Waals surface area contributed by atoms with Gasteiger partial charge in [-0.25, -0.2) is 19.2 Å². The molecule has 1 aliphatic carbocycles. The van der Waals surface area contributed by atoms with E-state index in [-0.39, 0.29) is 35.6 Å². The molecular formula is C23H28FN9O5. The largest absolute Gasteiger partial charge is 0.474 e. The van der Waals surface area contributed by atoms with Gasteiger partial charge in [0.1, 0.15) is 18.1 Å². The molecule has 2 atom stereocenters. The Balaban J connectivity index is 1.65. The van der Waals surface area contributed by atoms with Crippen LogP contribution < -0.4 is 26.4 Å². The molecule has 3 heterocycles. The molecule has 0 aromatic carbocycles. The summed E-state index contributed by atoms with van der Waals surface area (Å²) in [5.41, 5.74) is 6.06. The number of halogens is 1. The number of hydrogen-bond acceptors (Lipinski definition) is 10. The van der Waals surface area contributed by atoms with Crippen molar-refractivity contribution in [2.45, 2.75) is 31.8 Å². The normalized spacial score (nSPS) is 14.4. The van der Waals surface area contributed by atoms with Crippen molar-refractivity contribution in [3.63, 3.8) is 0 Å². The number of aromatic nitrogens is 5. The lowest BCUT2D eigenvalue weighted by Crippen LogP contribution is -2.45. The fourth-order valence-corrected chi connectivity index (χ4v) is 3.88. The van der Waals surface area contributed by atoms with E-state index in [0.29, 0.717) is 18.0 Å². The molecule has 202 valence electrons. The highest BCUT2D eigenvalue weighted by Crippen LogP contribution is 2.36. The molecular weight excluding hydrogens is 501 g/mol. The van der Waals surface area contributed by atoms with Crippen LogP contribution in [0.15, 0.2) is 30.7 Å². The highest BCUT2D eigenvalue weighted by atomic mass is 19.1. The first-order valence-electron chi connectivity index (χ1n) is 11.8. The molecule has 4 rings (SSSR count). The molecule has 0 unspecified atom stereocenters. The van der Waals surface area contributed by atoms with Crippen LogP contribution in [-0.2, 0) is 4.74 Å². The minimum Gasteiger partial charge on any atom is -0.474 e. The minimum atomic E-state index is -1.19. The summed E-state index contributed by atoms with van der Waals surface area (Å²) in [6, 6.07) is 1.66. The van der Waals surface area contributed by atoms with Crippen LogP contribution in [0.3, 0.4) is 0 Å². The van der Waals surface area contributed by atoms with E-state index in [4.69, 9.17) is 20.3 Å². The molecule has 0 aliphatic heterocycles. The Morgan fingerprint density at radius 1 is 1.24 bits per heavy atom. The average molecular weight is 530 g/mol. The number of primary amides is 1. The number of carbonyl (C=O) groups is 2. The number of methoxy groups -OCH3 is 1. The highest BCUT2D eigenvalue weighted by molar-refractivity contribution is 5.98. The van der Waals surface area contributed by atoms with Crippen molar-refractivity contribution in [2.24, 2.45) is 11.7 Å². The fourth-order valence-electron chi connectivity index (χ4n) is 3.88. The molecule has 1 saturated carbocycles. The predicted molar refractivity (Wildman–Crippen MR) is 133 cm³/mol. The van der Waals surface area contributed by atoms with E-state index in [1.807, 2.05) is 0 Å². The number of pyridine rings is 2. The van der Waals surface area contributed by atoms with Crippen molar-refractivity contribution in [3.8, 4) is 11.6 Å².